The summed E-state index contributed by atoms with van der Waals surface area (Å²) in [6, 6.07) is 7.45. The molecule has 2 aromatic rings. The standard InChI is InChI=1S/C13H9F2NO2/c14-9-5-2-6-10(15)11(9)7-3-1-4-8(12(7)16)13(17)18/h1-6H,16H2,(H,17,18). The Morgan fingerprint density at radius 2 is 1.61 bits per heavy atom. The molecule has 0 atom stereocenters. The number of aromatic carboxylic acids is 1. The Kier molecular flexibility index (Phi) is 2.97. The second-order valence-electron chi connectivity index (χ2n) is 3.67. The van der Waals surface area contributed by atoms with Crippen LogP contribution in [-0.4, -0.2) is 11.1 Å². The molecule has 0 radical (unpaired) electrons. The number of hydrogen-bond donors (Lipinski definition) is 2. The van der Waals surface area contributed by atoms with E-state index in [9.17, 15) is 13.6 Å². The Labute approximate surface area is 101 Å². The highest BCUT2D eigenvalue weighted by Crippen LogP contribution is 2.32. The summed E-state index contributed by atoms with van der Waals surface area (Å²) in [4.78, 5) is 10.9. The van der Waals surface area contributed by atoms with Crippen molar-refractivity contribution in [2.75, 3.05) is 5.73 Å². The summed E-state index contributed by atoms with van der Waals surface area (Å²) in [5, 5.41) is 8.91. The van der Waals surface area contributed by atoms with E-state index in [1.54, 1.807) is 0 Å². The third-order valence-electron chi connectivity index (χ3n) is 2.57. The molecule has 0 unspecified atom stereocenters. The molecule has 0 amide bonds. The molecule has 18 heavy (non-hydrogen) atoms. The third-order valence-corrected chi connectivity index (χ3v) is 2.57. The van der Waals surface area contributed by atoms with Crippen LogP contribution in [0.3, 0.4) is 0 Å². The molecule has 0 saturated carbocycles. The molecule has 0 spiro atoms. The van der Waals surface area contributed by atoms with E-state index in [2.05, 4.69) is 0 Å². The third kappa shape index (κ3) is 1.90. The van der Waals surface area contributed by atoms with Gasteiger partial charge in [0.25, 0.3) is 0 Å². The number of halogens is 2. The van der Waals surface area contributed by atoms with E-state index in [1.807, 2.05) is 0 Å². The topological polar surface area (TPSA) is 63.3 Å². The van der Waals surface area contributed by atoms with Crippen molar-refractivity contribution in [2.24, 2.45) is 0 Å². The fraction of sp³-hybridized carbons (Fsp3) is 0. The first kappa shape index (κ1) is 12.0. The maximum Gasteiger partial charge on any atom is 0.337 e. The van der Waals surface area contributed by atoms with E-state index < -0.39 is 17.6 Å². The fourth-order valence-electron chi connectivity index (χ4n) is 1.72. The van der Waals surface area contributed by atoms with Gasteiger partial charge < -0.3 is 10.8 Å². The van der Waals surface area contributed by atoms with Crippen LogP contribution in [0.15, 0.2) is 36.4 Å². The van der Waals surface area contributed by atoms with Crippen LogP contribution in [-0.2, 0) is 0 Å². The molecule has 3 nitrogen and oxygen atoms in total. The van der Waals surface area contributed by atoms with Gasteiger partial charge in [-0.2, -0.15) is 0 Å². The van der Waals surface area contributed by atoms with Gasteiger partial charge in [0, 0.05) is 5.56 Å². The summed E-state index contributed by atoms with van der Waals surface area (Å²) in [5.41, 5.74) is 5.01. The van der Waals surface area contributed by atoms with Gasteiger partial charge in [0.1, 0.15) is 11.6 Å². The van der Waals surface area contributed by atoms with Crippen molar-refractivity contribution in [1.82, 2.24) is 0 Å². The number of benzene rings is 2. The minimum Gasteiger partial charge on any atom is -0.478 e. The SMILES string of the molecule is Nc1c(C(=O)O)cccc1-c1c(F)cccc1F. The zero-order valence-electron chi connectivity index (χ0n) is 9.15. The highest BCUT2D eigenvalue weighted by molar-refractivity contribution is 5.98. The molecule has 0 heterocycles. The van der Waals surface area contributed by atoms with E-state index in [0.717, 1.165) is 12.1 Å². The van der Waals surface area contributed by atoms with Crippen LogP contribution in [0.5, 0.6) is 0 Å². The number of nitrogen functional groups attached to an aromatic ring is 1. The van der Waals surface area contributed by atoms with Crippen molar-refractivity contribution < 1.29 is 18.7 Å². The number of carboxylic acid groups (broad SMARTS) is 1. The lowest BCUT2D eigenvalue weighted by atomic mass is 9.99. The molecule has 0 fully saturated rings. The molecular formula is C13H9F2NO2. The van der Waals surface area contributed by atoms with Crippen molar-refractivity contribution >= 4 is 11.7 Å². The molecule has 0 saturated heterocycles. The minimum atomic E-state index is -1.24. The molecule has 0 aliphatic rings. The predicted molar refractivity (Wildman–Crippen MR) is 63.2 cm³/mol. The lowest BCUT2D eigenvalue weighted by Gasteiger charge is -2.10. The summed E-state index contributed by atoms with van der Waals surface area (Å²) in [7, 11) is 0. The van der Waals surface area contributed by atoms with Crippen molar-refractivity contribution in [3.63, 3.8) is 0 Å². The van der Waals surface area contributed by atoms with Crippen molar-refractivity contribution in [2.45, 2.75) is 0 Å². The van der Waals surface area contributed by atoms with E-state index in [-0.39, 0.29) is 22.4 Å². The van der Waals surface area contributed by atoms with Gasteiger partial charge in [-0.05, 0) is 18.2 Å². The van der Waals surface area contributed by atoms with Crippen LogP contribution < -0.4 is 5.73 Å². The van der Waals surface area contributed by atoms with Gasteiger partial charge in [-0.25, -0.2) is 13.6 Å². The Balaban J connectivity index is 2.73. The van der Waals surface area contributed by atoms with Gasteiger partial charge in [-0.1, -0.05) is 18.2 Å². The molecule has 0 aromatic heterocycles. The van der Waals surface area contributed by atoms with Crippen LogP contribution >= 0.6 is 0 Å². The smallest absolute Gasteiger partial charge is 0.337 e. The van der Waals surface area contributed by atoms with Gasteiger partial charge in [-0.3, -0.25) is 0 Å². The molecule has 3 N–H and O–H groups in total. The summed E-state index contributed by atoms with van der Waals surface area (Å²) >= 11 is 0. The van der Waals surface area contributed by atoms with Crippen LogP contribution in [0.1, 0.15) is 10.4 Å². The van der Waals surface area contributed by atoms with Gasteiger partial charge in [0.15, 0.2) is 0 Å². The fourth-order valence-corrected chi connectivity index (χ4v) is 1.72. The average molecular weight is 249 g/mol. The summed E-state index contributed by atoms with van der Waals surface area (Å²) in [5.74, 6) is -2.82. The molecule has 2 aromatic carbocycles. The highest BCUT2D eigenvalue weighted by Gasteiger charge is 2.17. The number of nitrogens with two attached hydrogens (primary N) is 1. The van der Waals surface area contributed by atoms with Gasteiger partial charge >= 0.3 is 5.97 Å². The van der Waals surface area contributed by atoms with Gasteiger partial charge in [0.2, 0.25) is 0 Å². The van der Waals surface area contributed by atoms with E-state index in [4.69, 9.17) is 10.8 Å². The normalized spacial score (nSPS) is 10.3. The van der Waals surface area contributed by atoms with Crippen LogP contribution in [0.2, 0.25) is 0 Å². The molecule has 0 aliphatic carbocycles. The minimum absolute atomic E-state index is 0.0329. The molecule has 5 heteroatoms. The second-order valence-corrected chi connectivity index (χ2v) is 3.67. The highest BCUT2D eigenvalue weighted by atomic mass is 19.1. The first-order chi connectivity index (χ1) is 8.52. The molecular weight excluding hydrogens is 240 g/mol. The van der Waals surface area contributed by atoms with Crippen molar-refractivity contribution in [3.05, 3.63) is 53.6 Å². The molecule has 0 aliphatic heterocycles. The summed E-state index contributed by atoms with van der Waals surface area (Å²) in [6.07, 6.45) is 0. The molecule has 92 valence electrons. The lowest BCUT2D eigenvalue weighted by molar-refractivity contribution is 0.0698. The Hall–Kier alpha value is -2.43. The zero-order chi connectivity index (χ0) is 13.3. The molecule has 0 bridgehead atoms. The first-order valence-electron chi connectivity index (χ1n) is 5.08. The number of hydrogen-bond acceptors (Lipinski definition) is 2. The van der Waals surface area contributed by atoms with Crippen molar-refractivity contribution in [3.8, 4) is 11.1 Å². The average Bonchev–Trinajstić information content (AvgIpc) is 2.30. The monoisotopic (exact) mass is 249 g/mol. The number of carbonyl (C=O) groups is 1. The van der Waals surface area contributed by atoms with Crippen LogP contribution in [0.25, 0.3) is 11.1 Å². The number of para-hydroxylation sites is 1. The van der Waals surface area contributed by atoms with Crippen LogP contribution in [0.4, 0.5) is 14.5 Å². The second kappa shape index (κ2) is 4.44. The Bertz CT molecular complexity index is 606. The van der Waals surface area contributed by atoms with E-state index in [1.165, 1.54) is 24.3 Å². The summed E-state index contributed by atoms with van der Waals surface area (Å²) in [6.45, 7) is 0. The quantitative estimate of drug-likeness (QED) is 0.804. The maximum absolute atomic E-state index is 13.6. The van der Waals surface area contributed by atoms with Crippen LogP contribution in [0, 0.1) is 11.6 Å². The zero-order valence-corrected chi connectivity index (χ0v) is 9.15. The van der Waals surface area contributed by atoms with Crippen molar-refractivity contribution in [1.29, 1.82) is 0 Å². The van der Waals surface area contributed by atoms with E-state index >= 15 is 0 Å². The first-order valence-corrected chi connectivity index (χ1v) is 5.08. The predicted octanol–water partition coefficient (Wildman–Crippen LogP) is 2.91. The number of anilines is 1. The Morgan fingerprint density at radius 1 is 1.06 bits per heavy atom. The van der Waals surface area contributed by atoms with E-state index in [0.29, 0.717) is 0 Å². The largest absolute Gasteiger partial charge is 0.478 e. The maximum atomic E-state index is 13.6. The number of rotatable bonds is 2. The van der Waals surface area contributed by atoms with Gasteiger partial charge in [0.05, 0.1) is 16.8 Å². The van der Waals surface area contributed by atoms with Gasteiger partial charge in [-0.15, -0.1) is 0 Å². The number of carboxylic acids is 1. The Morgan fingerprint density at radius 3 is 2.17 bits per heavy atom. The lowest BCUT2D eigenvalue weighted by Crippen LogP contribution is -2.04. The molecule has 2 rings (SSSR count). The summed E-state index contributed by atoms with van der Waals surface area (Å²) < 4.78 is 27.2.